The van der Waals surface area contributed by atoms with E-state index in [0.717, 1.165) is 44.4 Å². The number of carbonyl (C=O) groups is 1. The lowest BCUT2D eigenvalue weighted by molar-refractivity contribution is -0.137. The summed E-state index contributed by atoms with van der Waals surface area (Å²) in [5, 5.41) is 8.38. The molecule has 0 spiro atoms. The fourth-order valence-corrected chi connectivity index (χ4v) is 3.20. The first kappa shape index (κ1) is 20.6. The van der Waals surface area contributed by atoms with Crippen LogP contribution in [-0.4, -0.2) is 21.9 Å². The molecule has 1 aromatic heterocycles. The van der Waals surface area contributed by atoms with Crippen molar-refractivity contribution in [2.24, 2.45) is 0 Å². The van der Waals surface area contributed by atoms with Crippen molar-refractivity contribution < 1.29 is 18.0 Å². The highest BCUT2D eigenvalue weighted by Gasteiger charge is 2.35. The van der Waals surface area contributed by atoms with Gasteiger partial charge in [-0.2, -0.15) is 18.2 Å². The Morgan fingerprint density at radius 3 is 2.48 bits per heavy atom. The lowest BCUT2D eigenvalue weighted by Crippen LogP contribution is -2.24. The zero-order chi connectivity index (χ0) is 20.9. The molecular formula is C20H22F3N5O. The van der Waals surface area contributed by atoms with E-state index in [1.54, 1.807) is 24.3 Å². The first-order chi connectivity index (χ1) is 13.9. The SMILES string of the molecule is C=CC(=O)Nc1ccccc1Nc1nc(NC2CCCCC2)ncc1C(F)(F)F. The average Bonchev–Trinajstić information content (AvgIpc) is 2.69. The molecule has 154 valence electrons. The van der Waals surface area contributed by atoms with Gasteiger partial charge in [0, 0.05) is 12.2 Å². The second kappa shape index (κ2) is 8.93. The Morgan fingerprint density at radius 1 is 1.14 bits per heavy atom. The van der Waals surface area contributed by atoms with Crippen LogP contribution >= 0.6 is 0 Å². The van der Waals surface area contributed by atoms with E-state index >= 15 is 0 Å². The molecule has 9 heteroatoms. The molecule has 29 heavy (non-hydrogen) atoms. The summed E-state index contributed by atoms with van der Waals surface area (Å²) < 4.78 is 40.4. The van der Waals surface area contributed by atoms with E-state index in [1.165, 1.54) is 0 Å². The molecule has 3 N–H and O–H groups in total. The minimum atomic E-state index is -4.63. The van der Waals surface area contributed by atoms with Crippen molar-refractivity contribution in [3.05, 3.63) is 48.7 Å². The first-order valence-corrected chi connectivity index (χ1v) is 9.37. The number of amides is 1. The van der Waals surface area contributed by atoms with Gasteiger partial charge in [-0.1, -0.05) is 38.0 Å². The van der Waals surface area contributed by atoms with Crippen LogP contribution in [0.4, 0.5) is 36.3 Å². The minimum absolute atomic E-state index is 0.139. The molecule has 2 aromatic rings. The number of hydrogen-bond acceptors (Lipinski definition) is 5. The van der Waals surface area contributed by atoms with Crippen LogP contribution in [0.5, 0.6) is 0 Å². The molecule has 1 heterocycles. The molecule has 1 aromatic carbocycles. The molecule has 0 saturated heterocycles. The number of nitrogens with one attached hydrogen (secondary N) is 3. The summed E-state index contributed by atoms with van der Waals surface area (Å²) in [6.07, 6.45) is 2.38. The molecule has 0 atom stereocenters. The lowest BCUT2D eigenvalue weighted by atomic mass is 9.96. The summed E-state index contributed by atoms with van der Waals surface area (Å²) in [4.78, 5) is 19.6. The van der Waals surface area contributed by atoms with Crippen LogP contribution in [0.3, 0.4) is 0 Å². The maximum Gasteiger partial charge on any atom is 0.421 e. The van der Waals surface area contributed by atoms with Crippen LogP contribution in [0.25, 0.3) is 0 Å². The van der Waals surface area contributed by atoms with Crippen molar-refractivity contribution in [3.8, 4) is 0 Å². The molecule has 1 aliphatic carbocycles. The van der Waals surface area contributed by atoms with Gasteiger partial charge in [0.05, 0.1) is 11.4 Å². The average molecular weight is 405 g/mol. The fraction of sp³-hybridized carbons (Fsp3) is 0.350. The number of para-hydroxylation sites is 2. The predicted octanol–water partition coefficient (Wildman–Crippen LogP) is 5.11. The number of aromatic nitrogens is 2. The normalized spacial score (nSPS) is 14.9. The van der Waals surface area contributed by atoms with Crippen molar-refractivity contribution in [1.82, 2.24) is 9.97 Å². The second-order valence-electron chi connectivity index (χ2n) is 6.80. The summed E-state index contributed by atoms with van der Waals surface area (Å²) in [6, 6.07) is 6.56. The Kier molecular flexibility index (Phi) is 6.36. The number of hydrogen-bond donors (Lipinski definition) is 3. The van der Waals surface area contributed by atoms with E-state index in [9.17, 15) is 18.0 Å². The smallest absolute Gasteiger partial charge is 0.351 e. The molecule has 0 aliphatic heterocycles. The van der Waals surface area contributed by atoms with Gasteiger partial charge in [-0.15, -0.1) is 0 Å². The molecule has 6 nitrogen and oxygen atoms in total. The van der Waals surface area contributed by atoms with Gasteiger partial charge in [0.25, 0.3) is 0 Å². The number of nitrogens with zero attached hydrogens (tertiary/aromatic N) is 2. The lowest BCUT2D eigenvalue weighted by Gasteiger charge is -2.23. The van der Waals surface area contributed by atoms with Crippen molar-refractivity contribution in [2.75, 3.05) is 16.0 Å². The van der Waals surface area contributed by atoms with Crippen LogP contribution in [0, 0.1) is 0 Å². The van der Waals surface area contributed by atoms with Crippen LogP contribution < -0.4 is 16.0 Å². The topological polar surface area (TPSA) is 78.9 Å². The third-order valence-electron chi connectivity index (χ3n) is 4.66. The molecule has 1 amide bonds. The van der Waals surface area contributed by atoms with Crippen molar-refractivity contribution in [3.63, 3.8) is 0 Å². The van der Waals surface area contributed by atoms with Crippen molar-refractivity contribution in [2.45, 2.75) is 44.3 Å². The highest BCUT2D eigenvalue weighted by atomic mass is 19.4. The summed E-state index contributed by atoms with van der Waals surface area (Å²) in [5.41, 5.74) is -0.405. The number of carbonyl (C=O) groups excluding carboxylic acids is 1. The monoisotopic (exact) mass is 405 g/mol. The van der Waals surface area contributed by atoms with Gasteiger partial charge in [0.15, 0.2) is 0 Å². The van der Waals surface area contributed by atoms with Crippen LogP contribution in [0.2, 0.25) is 0 Å². The highest BCUT2D eigenvalue weighted by molar-refractivity contribution is 6.01. The Morgan fingerprint density at radius 2 is 1.83 bits per heavy atom. The Hall–Kier alpha value is -3.10. The van der Waals surface area contributed by atoms with Gasteiger partial charge in [0.1, 0.15) is 11.4 Å². The van der Waals surface area contributed by atoms with Gasteiger partial charge in [0.2, 0.25) is 11.9 Å². The summed E-state index contributed by atoms with van der Waals surface area (Å²) >= 11 is 0. The highest BCUT2D eigenvalue weighted by Crippen LogP contribution is 2.36. The van der Waals surface area contributed by atoms with E-state index in [2.05, 4.69) is 32.5 Å². The minimum Gasteiger partial charge on any atom is -0.351 e. The summed E-state index contributed by atoms with van der Waals surface area (Å²) in [7, 11) is 0. The van der Waals surface area contributed by atoms with E-state index < -0.39 is 17.6 Å². The molecule has 1 aliphatic rings. The first-order valence-electron chi connectivity index (χ1n) is 9.37. The number of halogens is 3. The Bertz CT molecular complexity index is 879. The quantitative estimate of drug-likeness (QED) is 0.582. The maximum absolute atomic E-state index is 13.5. The van der Waals surface area contributed by atoms with E-state index in [1.807, 2.05) is 0 Å². The molecule has 0 bridgehead atoms. The molecular weight excluding hydrogens is 383 g/mol. The number of anilines is 4. The van der Waals surface area contributed by atoms with Gasteiger partial charge in [-0.3, -0.25) is 4.79 Å². The van der Waals surface area contributed by atoms with Gasteiger partial charge < -0.3 is 16.0 Å². The maximum atomic E-state index is 13.5. The Balaban J connectivity index is 1.91. The predicted molar refractivity (Wildman–Crippen MR) is 106 cm³/mol. The zero-order valence-electron chi connectivity index (χ0n) is 15.7. The van der Waals surface area contributed by atoms with Crippen molar-refractivity contribution >= 4 is 29.0 Å². The standard InChI is InChI=1S/C20H22F3N5O/c1-2-17(29)26-15-10-6-7-11-16(15)27-18-14(20(21,22)23)12-24-19(28-18)25-13-8-4-3-5-9-13/h2,6-7,10-13H,1,3-5,8-9H2,(H,26,29)(H2,24,25,27,28). The summed E-state index contributed by atoms with van der Waals surface area (Å²) in [5.74, 6) is -0.719. The molecule has 0 unspecified atom stereocenters. The largest absolute Gasteiger partial charge is 0.421 e. The second-order valence-corrected chi connectivity index (χ2v) is 6.80. The van der Waals surface area contributed by atoms with E-state index in [4.69, 9.17) is 0 Å². The van der Waals surface area contributed by atoms with E-state index in [0.29, 0.717) is 5.69 Å². The van der Waals surface area contributed by atoms with Crippen molar-refractivity contribution in [1.29, 1.82) is 0 Å². The fourth-order valence-electron chi connectivity index (χ4n) is 3.20. The van der Waals surface area contributed by atoms with Crippen LogP contribution in [0.15, 0.2) is 43.1 Å². The Labute approximate surface area is 166 Å². The summed E-state index contributed by atoms with van der Waals surface area (Å²) in [6.45, 7) is 3.37. The van der Waals surface area contributed by atoms with E-state index in [-0.39, 0.29) is 23.5 Å². The third-order valence-corrected chi connectivity index (χ3v) is 4.66. The molecule has 3 rings (SSSR count). The molecule has 1 saturated carbocycles. The third kappa shape index (κ3) is 5.46. The molecule has 1 fully saturated rings. The van der Waals surface area contributed by atoms with Crippen LogP contribution in [0.1, 0.15) is 37.7 Å². The van der Waals surface area contributed by atoms with Gasteiger partial charge >= 0.3 is 6.18 Å². The van der Waals surface area contributed by atoms with Crippen LogP contribution in [-0.2, 0) is 11.0 Å². The zero-order valence-corrected chi connectivity index (χ0v) is 15.7. The number of alkyl halides is 3. The van der Waals surface area contributed by atoms with Gasteiger partial charge in [-0.05, 0) is 31.1 Å². The number of benzene rings is 1. The number of rotatable bonds is 6. The molecule has 0 radical (unpaired) electrons. The van der Waals surface area contributed by atoms with Gasteiger partial charge in [-0.25, -0.2) is 4.98 Å².